The number of hydrogen-bond donors (Lipinski definition) is 1. The summed E-state index contributed by atoms with van der Waals surface area (Å²) in [7, 11) is 1.55. The predicted octanol–water partition coefficient (Wildman–Crippen LogP) is 3.71. The van der Waals surface area contributed by atoms with Gasteiger partial charge >= 0.3 is 0 Å². The number of phenolic OH excluding ortho intramolecular Hbond substituents is 1. The lowest BCUT2D eigenvalue weighted by Crippen LogP contribution is -2.17. The summed E-state index contributed by atoms with van der Waals surface area (Å²) >= 11 is 0. The standard InChI is InChI=1S/C20H21NO2/c1-15-13-17(14-19(22)20(15)23-2)6-5-16-7-9-18(10-8-16)21-11-3-4-12-21/h7-10,13-14,22H,3-4,11-12H2,1-2H3. The van der Waals surface area contributed by atoms with E-state index in [9.17, 15) is 5.11 Å². The minimum Gasteiger partial charge on any atom is -0.504 e. The van der Waals surface area contributed by atoms with E-state index in [4.69, 9.17) is 4.74 Å². The summed E-state index contributed by atoms with van der Waals surface area (Å²) in [5, 5.41) is 9.93. The first-order chi connectivity index (χ1) is 11.2. The van der Waals surface area contributed by atoms with Crippen LogP contribution in [-0.2, 0) is 0 Å². The molecule has 0 amide bonds. The second-order valence-corrected chi connectivity index (χ2v) is 5.84. The van der Waals surface area contributed by atoms with Crippen LogP contribution in [0.3, 0.4) is 0 Å². The Hall–Kier alpha value is -2.60. The van der Waals surface area contributed by atoms with Gasteiger partial charge < -0.3 is 14.7 Å². The lowest BCUT2D eigenvalue weighted by atomic mass is 10.1. The van der Waals surface area contributed by atoms with Crippen molar-refractivity contribution in [3.63, 3.8) is 0 Å². The van der Waals surface area contributed by atoms with Gasteiger partial charge in [0.15, 0.2) is 11.5 Å². The van der Waals surface area contributed by atoms with Gasteiger partial charge in [0.25, 0.3) is 0 Å². The number of anilines is 1. The van der Waals surface area contributed by atoms with Gasteiger partial charge in [-0.05, 0) is 61.7 Å². The third-order valence-corrected chi connectivity index (χ3v) is 4.15. The zero-order valence-electron chi connectivity index (χ0n) is 13.6. The van der Waals surface area contributed by atoms with Crippen molar-refractivity contribution in [2.75, 3.05) is 25.1 Å². The van der Waals surface area contributed by atoms with E-state index in [0.29, 0.717) is 5.75 Å². The highest BCUT2D eigenvalue weighted by Gasteiger charge is 2.11. The van der Waals surface area contributed by atoms with Gasteiger partial charge in [-0.15, -0.1) is 0 Å². The number of nitrogens with zero attached hydrogens (tertiary/aromatic N) is 1. The number of methoxy groups -OCH3 is 1. The van der Waals surface area contributed by atoms with Crippen molar-refractivity contribution in [2.45, 2.75) is 19.8 Å². The van der Waals surface area contributed by atoms with Crippen LogP contribution in [0.1, 0.15) is 29.5 Å². The summed E-state index contributed by atoms with van der Waals surface area (Å²) in [6, 6.07) is 11.9. The molecule has 1 heterocycles. The van der Waals surface area contributed by atoms with Crippen molar-refractivity contribution >= 4 is 5.69 Å². The molecule has 1 saturated heterocycles. The summed E-state index contributed by atoms with van der Waals surface area (Å²) < 4.78 is 5.15. The number of aryl methyl sites for hydroxylation is 1. The Bertz CT molecular complexity index is 724. The van der Waals surface area contributed by atoms with Gasteiger partial charge in [-0.25, -0.2) is 0 Å². The van der Waals surface area contributed by atoms with Crippen LogP contribution in [0.2, 0.25) is 0 Å². The highest BCUT2D eigenvalue weighted by atomic mass is 16.5. The van der Waals surface area contributed by atoms with E-state index in [2.05, 4.69) is 41.0 Å². The van der Waals surface area contributed by atoms with Crippen molar-refractivity contribution in [3.05, 3.63) is 53.1 Å². The maximum Gasteiger partial charge on any atom is 0.163 e. The second-order valence-electron chi connectivity index (χ2n) is 5.84. The maximum atomic E-state index is 9.93. The fourth-order valence-electron chi connectivity index (χ4n) is 2.97. The Balaban J connectivity index is 1.78. The van der Waals surface area contributed by atoms with E-state index in [1.807, 2.05) is 13.0 Å². The molecule has 0 unspecified atom stereocenters. The number of aromatic hydroxyl groups is 1. The van der Waals surface area contributed by atoms with Crippen LogP contribution < -0.4 is 9.64 Å². The van der Waals surface area contributed by atoms with Crippen molar-refractivity contribution < 1.29 is 9.84 Å². The molecule has 0 radical (unpaired) electrons. The van der Waals surface area contributed by atoms with Gasteiger partial charge in [-0.1, -0.05) is 11.8 Å². The van der Waals surface area contributed by atoms with Crippen LogP contribution in [0.15, 0.2) is 36.4 Å². The summed E-state index contributed by atoms with van der Waals surface area (Å²) in [4.78, 5) is 2.40. The fourth-order valence-corrected chi connectivity index (χ4v) is 2.97. The van der Waals surface area contributed by atoms with Gasteiger partial charge in [0.05, 0.1) is 7.11 Å². The molecular weight excluding hydrogens is 286 g/mol. The molecular formula is C20H21NO2. The third-order valence-electron chi connectivity index (χ3n) is 4.15. The van der Waals surface area contributed by atoms with Crippen molar-refractivity contribution in [1.82, 2.24) is 0 Å². The molecule has 2 aromatic carbocycles. The number of benzene rings is 2. The Kier molecular flexibility index (Phi) is 4.43. The van der Waals surface area contributed by atoms with Gasteiger partial charge in [0, 0.05) is 29.9 Å². The summed E-state index contributed by atoms with van der Waals surface area (Å²) in [6.45, 7) is 4.19. The van der Waals surface area contributed by atoms with Gasteiger partial charge in [0.1, 0.15) is 0 Å². The van der Waals surface area contributed by atoms with Crippen LogP contribution >= 0.6 is 0 Å². The lowest BCUT2D eigenvalue weighted by Gasteiger charge is -2.17. The van der Waals surface area contributed by atoms with Crippen LogP contribution in [0.5, 0.6) is 11.5 Å². The largest absolute Gasteiger partial charge is 0.504 e. The maximum absolute atomic E-state index is 9.93. The topological polar surface area (TPSA) is 32.7 Å². The van der Waals surface area contributed by atoms with E-state index in [0.717, 1.165) is 29.8 Å². The third kappa shape index (κ3) is 3.43. The monoisotopic (exact) mass is 307 g/mol. The Morgan fingerprint density at radius 2 is 1.65 bits per heavy atom. The fraction of sp³-hybridized carbons (Fsp3) is 0.300. The van der Waals surface area contributed by atoms with Gasteiger partial charge in [-0.2, -0.15) is 0 Å². The number of hydrogen-bond acceptors (Lipinski definition) is 3. The van der Waals surface area contributed by atoms with Gasteiger partial charge in [-0.3, -0.25) is 0 Å². The molecule has 0 aliphatic carbocycles. The molecule has 0 aromatic heterocycles. The minimum absolute atomic E-state index is 0.126. The first-order valence-electron chi connectivity index (χ1n) is 7.92. The van der Waals surface area contributed by atoms with Crippen molar-refractivity contribution in [3.8, 4) is 23.3 Å². The first kappa shape index (κ1) is 15.3. The number of phenols is 1. The Labute approximate surface area is 137 Å². The smallest absolute Gasteiger partial charge is 0.163 e. The van der Waals surface area contributed by atoms with Crippen LogP contribution in [0.4, 0.5) is 5.69 Å². The summed E-state index contributed by atoms with van der Waals surface area (Å²) in [5.41, 5.74) is 3.90. The average molecular weight is 307 g/mol. The van der Waals surface area contributed by atoms with E-state index in [-0.39, 0.29) is 5.75 Å². The van der Waals surface area contributed by atoms with Crippen LogP contribution in [0.25, 0.3) is 0 Å². The van der Waals surface area contributed by atoms with E-state index < -0.39 is 0 Å². The molecule has 0 spiro atoms. The molecule has 1 N–H and O–H groups in total. The Morgan fingerprint density at radius 1 is 1.00 bits per heavy atom. The molecule has 3 rings (SSSR count). The molecule has 2 aromatic rings. The minimum atomic E-state index is 0.126. The van der Waals surface area contributed by atoms with Crippen molar-refractivity contribution in [2.24, 2.45) is 0 Å². The SMILES string of the molecule is COc1c(C)cc(C#Cc2ccc(N3CCCC3)cc2)cc1O. The van der Waals surface area contributed by atoms with Crippen LogP contribution in [0, 0.1) is 18.8 Å². The molecule has 0 saturated carbocycles. The second kappa shape index (κ2) is 6.66. The first-order valence-corrected chi connectivity index (χ1v) is 7.92. The van der Waals surface area contributed by atoms with Crippen LogP contribution in [-0.4, -0.2) is 25.3 Å². The molecule has 1 fully saturated rings. The summed E-state index contributed by atoms with van der Waals surface area (Å²) in [5.74, 6) is 6.89. The molecule has 1 aliphatic heterocycles. The molecule has 23 heavy (non-hydrogen) atoms. The van der Waals surface area contributed by atoms with E-state index in [1.54, 1.807) is 13.2 Å². The zero-order chi connectivity index (χ0) is 16.2. The van der Waals surface area contributed by atoms with Gasteiger partial charge in [0.2, 0.25) is 0 Å². The molecule has 3 heteroatoms. The van der Waals surface area contributed by atoms with Crippen molar-refractivity contribution in [1.29, 1.82) is 0 Å². The highest BCUT2D eigenvalue weighted by Crippen LogP contribution is 2.30. The molecule has 0 bridgehead atoms. The molecule has 0 atom stereocenters. The quantitative estimate of drug-likeness (QED) is 0.859. The van der Waals surface area contributed by atoms with E-state index >= 15 is 0 Å². The predicted molar refractivity (Wildman–Crippen MR) is 93.3 cm³/mol. The average Bonchev–Trinajstić information content (AvgIpc) is 3.08. The van der Waals surface area contributed by atoms with E-state index in [1.165, 1.54) is 18.5 Å². The lowest BCUT2D eigenvalue weighted by molar-refractivity contribution is 0.371. The Morgan fingerprint density at radius 3 is 2.26 bits per heavy atom. The molecule has 1 aliphatic rings. The number of rotatable bonds is 2. The summed E-state index contributed by atoms with van der Waals surface area (Å²) in [6.07, 6.45) is 2.56. The number of ether oxygens (including phenoxy) is 1. The molecule has 118 valence electrons. The highest BCUT2D eigenvalue weighted by molar-refractivity contribution is 5.55. The molecule has 3 nitrogen and oxygen atoms in total. The zero-order valence-corrected chi connectivity index (χ0v) is 13.6. The normalized spacial score (nSPS) is 13.6.